The number of nitrogens with zero attached hydrogens (tertiary/aromatic N) is 1. The standard InChI is InChI=1S/C14H22N2O/c1-10(2)17-12-8-6-11(7-9-12)16-13(15)14(3,4)5/h6-10H,1-5H3,(H2,15,16). The van der Waals surface area contributed by atoms with Crippen molar-refractivity contribution in [1.82, 2.24) is 0 Å². The highest BCUT2D eigenvalue weighted by molar-refractivity contribution is 5.87. The second kappa shape index (κ2) is 5.21. The van der Waals surface area contributed by atoms with Crippen molar-refractivity contribution in [3.05, 3.63) is 24.3 Å². The van der Waals surface area contributed by atoms with Gasteiger partial charge in [0.2, 0.25) is 0 Å². The summed E-state index contributed by atoms with van der Waals surface area (Å²) >= 11 is 0. The summed E-state index contributed by atoms with van der Waals surface area (Å²) in [7, 11) is 0. The lowest BCUT2D eigenvalue weighted by atomic mass is 9.95. The molecule has 94 valence electrons. The van der Waals surface area contributed by atoms with Gasteiger partial charge in [-0.15, -0.1) is 0 Å². The first-order valence-electron chi connectivity index (χ1n) is 5.90. The number of aliphatic imine (C=N–C) groups is 1. The maximum absolute atomic E-state index is 5.92. The van der Waals surface area contributed by atoms with E-state index in [-0.39, 0.29) is 11.5 Å². The van der Waals surface area contributed by atoms with Crippen LogP contribution in [0.25, 0.3) is 0 Å². The molecule has 0 aliphatic heterocycles. The summed E-state index contributed by atoms with van der Waals surface area (Å²) < 4.78 is 5.56. The Labute approximate surface area is 104 Å². The van der Waals surface area contributed by atoms with Crippen LogP contribution in [0.4, 0.5) is 5.69 Å². The van der Waals surface area contributed by atoms with Crippen LogP contribution in [-0.4, -0.2) is 11.9 Å². The molecule has 0 unspecified atom stereocenters. The number of ether oxygens (including phenoxy) is 1. The summed E-state index contributed by atoms with van der Waals surface area (Å²) in [5.41, 5.74) is 6.67. The van der Waals surface area contributed by atoms with Gasteiger partial charge in [0.1, 0.15) is 11.6 Å². The molecule has 0 saturated heterocycles. The minimum absolute atomic E-state index is 0.104. The molecule has 0 aliphatic carbocycles. The van der Waals surface area contributed by atoms with Gasteiger partial charge in [-0.1, -0.05) is 20.8 Å². The highest BCUT2D eigenvalue weighted by Crippen LogP contribution is 2.21. The van der Waals surface area contributed by atoms with Gasteiger partial charge in [0.05, 0.1) is 11.8 Å². The highest BCUT2D eigenvalue weighted by atomic mass is 16.5. The fourth-order valence-corrected chi connectivity index (χ4v) is 1.18. The van der Waals surface area contributed by atoms with Gasteiger partial charge in [-0.05, 0) is 38.1 Å². The zero-order valence-electron chi connectivity index (χ0n) is 11.3. The lowest BCUT2D eigenvalue weighted by Gasteiger charge is -2.17. The molecule has 1 aromatic rings. The summed E-state index contributed by atoms with van der Waals surface area (Å²) in [6.45, 7) is 10.1. The highest BCUT2D eigenvalue weighted by Gasteiger charge is 2.15. The zero-order valence-corrected chi connectivity index (χ0v) is 11.3. The maximum atomic E-state index is 5.92. The quantitative estimate of drug-likeness (QED) is 0.642. The molecule has 1 aromatic carbocycles. The van der Waals surface area contributed by atoms with E-state index in [2.05, 4.69) is 4.99 Å². The van der Waals surface area contributed by atoms with Crippen LogP contribution in [0, 0.1) is 5.41 Å². The van der Waals surface area contributed by atoms with E-state index in [1.54, 1.807) is 0 Å². The Bertz CT molecular complexity index is 386. The van der Waals surface area contributed by atoms with Gasteiger partial charge >= 0.3 is 0 Å². The molecule has 0 fully saturated rings. The first-order chi connectivity index (χ1) is 7.79. The van der Waals surface area contributed by atoms with Gasteiger partial charge < -0.3 is 10.5 Å². The molecule has 2 N–H and O–H groups in total. The first-order valence-corrected chi connectivity index (χ1v) is 5.90. The molecule has 3 nitrogen and oxygen atoms in total. The smallest absolute Gasteiger partial charge is 0.119 e. The van der Waals surface area contributed by atoms with Gasteiger partial charge in [0.15, 0.2) is 0 Å². The Hall–Kier alpha value is -1.51. The summed E-state index contributed by atoms with van der Waals surface area (Å²) in [6.07, 6.45) is 0.184. The van der Waals surface area contributed by atoms with E-state index < -0.39 is 0 Å². The molecule has 0 atom stereocenters. The number of amidine groups is 1. The van der Waals surface area contributed by atoms with E-state index >= 15 is 0 Å². The average Bonchev–Trinajstić information content (AvgIpc) is 2.18. The molecule has 0 spiro atoms. The van der Waals surface area contributed by atoms with Crippen molar-refractivity contribution in [2.24, 2.45) is 16.1 Å². The topological polar surface area (TPSA) is 47.6 Å². The van der Waals surface area contributed by atoms with Crippen LogP contribution >= 0.6 is 0 Å². The van der Waals surface area contributed by atoms with Gasteiger partial charge in [0, 0.05) is 5.41 Å². The first kappa shape index (κ1) is 13.6. The summed E-state index contributed by atoms with van der Waals surface area (Å²) in [5.74, 6) is 1.49. The van der Waals surface area contributed by atoms with Crippen LogP contribution in [0.5, 0.6) is 5.75 Å². The second-order valence-electron chi connectivity index (χ2n) is 5.41. The van der Waals surface area contributed by atoms with Crippen LogP contribution in [0.2, 0.25) is 0 Å². The molecule has 0 bridgehead atoms. The monoisotopic (exact) mass is 234 g/mol. The lowest BCUT2D eigenvalue weighted by Crippen LogP contribution is -2.28. The molecule has 0 aromatic heterocycles. The zero-order chi connectivity index (χ0) is 13.1. The maximum Gasteiger partial charge on any atom is 0.119 e. The Morgan fingerprint density at radius 1 is 1.18 bits per heavy atom. The molecule has 0 amide bonds. The molecule has 17 heavy (non-hydrogen) atoms. The van der Waals surface area contributed by atoms with Crippen molar-refractivity contribution in [1.29, 1.82) is 0 Å². The molecular formula is C14H22N2O. The Kier molecular flexibility index (Phi) is 4.16. The van der Waals surface area contributed by atoms with Gasteiger partial charge in [0.25, 0.3) is 0 Å². The van der Waals surface area contributed by atoms with E-state index in [0.717, 1.165) is 11.4 Å². The number of nitrogens with two attached hydrogens (primary N) is 1. The van der Waals surface area contributed by atoms with Crippen molar-refractivity contribution in [2.75, 3.05) is 0 Å². The predicted octanol–water partition coefficient (Wildman–Crippen LogP) is 3.51. The molecule has 3 heteroatoms. The van der Waals surface area contributed by atoms with Gasteiger partial charge in [-0.25, -0.2) is 4.99 Å². The van der Waals surface area contributed by atoms with Crippen molar-refractivity contribution in [3.8, 4) is 5.75 Å². The number of hydrogen-bond acceptors (Lipinski definition) is 2. The van der Waals surface area contributed by atoms with Crippen LogP contribution in [-0.2, 0) is 0 Å². The SMILES string of the molecule is CC(C)Oc1ccc(N=C(N)C(C)(C)C)cc1. The fraction of sp³-hybridized carbons (Fsp3) is 0.500. The molecule has 0 radical (unpaired) electrons. The fourth-order valence-electron chi connectivity index (χ4n) is 1.18. The minimum Gasteiger partial charge on any atom is -0.491 e. The van der Waals surface area contributed by atoms with Gasteiger partial charge in [-0.2, -0.15) is 0 Å². The van der Waals surface area contributed by atoms with Crippen LogP contribution in [0.1, 0.15) is 34.6 Å². The Balaban J connectivity index is 2.82. The second-order valence-corrected chi connectivity index (χ2v) is 5.41. The largest absolute Gasteiger partial charge is 0.491 e. The third-order valence-electron chi connectivity index (χ3n) is 2.23. The van der Waals surface area contributed by atoms with Crippen molar-refractivity contribution in [3.63, 3.8) is 0 Å². The molecular weight excluding hydrogens is 212 g/mol. The van der Waals surface area contributed by atoms with E-state index in [4.69, 9.17) is 10.5 Å². The van der Waals surface area contributed by atoms with E-state index in [1.165, 1.54) is 0 Å². The van der Waals surface area contributed by atoms with Gasteiger partial charge in [-0.3, -0.25) is 0 Å². The molecule has 0 heterocycles. The van der Waals surface area contributed by atoms with E-state index in [9.17, 15) is 0 Å². The third kappa shape index (κ3) is 4.47. The van der Waals surface area contributed by atoms with Crippen LogP contribution in [0.15, 0.2) is 29.3 Å². The Morgan fingerprint density at radius 2 is 1.71 bits per heavy atom. The normalized spacial score (nSPS) is 12.9. The van der Waals surface area contributed by atoms with E-state index in [1.807, 2.05) is 58.9 Å². The summed E-state index contributed by atoms with van der Waals surface area (Å²) in [5, 5.41) is 0. The molecule has 0 aliphatic rings. The summed E-state index contributed by atoms with van der Waals surface area (Å²) in [6, 6.07) is 7.65. The number of benzene rings is 1. The molecule has 1 rings (SSSR count). The number of rotatable bonds is 3. The third-order valence-corrected chi connectivity index (χ3v) is 2.23. The van der Waals surface area contributed by atoms with Crippen molar-refractivity contribution in [2.45, 2.75) is 40.7 Å². The van der Waals surface area contributed by atoms with Crippen molar-refractivity contribution < 1.29 is 4.74 Å². The van der Waals surface area contributed by atoms with Crippen LogP contribution < -0.4 is 10.5 Å². The van der Waals surface area contributed by atoms with E-state index in [0.29, 0.717) is 5.84 Å². The lowest BCUT2D eigenvalue weighted by molar-refractivity contribution is 0.242. The minimum atomic E-state index is -0.104. The van der Waals surface area contributed by atoms with Crippen LogP contribution in [0.3, 0.4) is 0 Å². The predicted molar refractivity (Wildman–Crippen MR) is 72.9 cm³/mol. The van der Waals surface area contributed by atoms with Crippen molar-refractivity contribution >= 4 is 11.5 Å². The molecule has 0 saturated carbocycles. The Morgan fingerprint density at radius 3 is 2.12 bits per heavy atom. The number of hydrogen-bond donors (Lipinski definition) is 1. The average molecular weight is 234 g/mol. The summed E-state index contributed by atoms with van der Waals surface area (Å²) in [4.78, 5) is 4.39.